The van der Waals surface area contributed by atoms with E-state index in [9.17, 15) is 23.0 Å². The molecule has 0 aliphatic rings. The van der Waals surface area contributed by atoms with Gasteiger partial charge >= 0.3 is 6.18 Å². The van der Waals surface area contributed by atoms with E-state index in [0.29, 0.717) is 5.56 Å². The van der Waals surface area contributed by atoms with Crippen LogP contribution in [-0.4, -0.2) is 6.18 Å². The van der Waals surface area contributed by atoms with Crippen molar-refractivity contribution in [3.8, 4) is 0 Å². The molecule has 1 atom stereocenters. The Morgan fingerprint density at radius 3 is 1.83 bits per heavy atom. The molecule has 0 aromatic heterocycles. The number of hydrogen-bond acceptors (Lipinski definition) is 5. The van der Waals surface area contributed by atoms with Crippen LogP contribution in [0.3, 0.4) is 0 Å². The fourth-order valence-electron chi connectivity index (χ4n) is 2.09. The molecule has 0 aliphatic carbocycles. The van der Waals surface area contributed by atoms with Gasteiger partial charge in [-0.05, 0) is 58.7 Å². The number of rotatable bonds is 7. The third-order valence-corrected chi connectivity index (χ3v) is 4.62. The molecule has 8 heteroatoms. The van der Waals surface area contributed by atoms with Crippen molar-refractivity contribution in [3.63, 3.8) is 0 Å². The highest BCUT2D eigenvalue weighted by Gasteiger charge is 2.29. The third-order valence-electron chi connectivity index (χ3n) is 3.28. The van der Waals surface area contributed by atoms with Gasteiger partial charge in [-0.3, -0.25) is 0 Å². The van der Waals surface area contributed by atoms with E-state index in [1.54, 1.807) is 24.3 Å². The van der Waals surface area contributed by atoms with Crippen molar-refractivity contribution >= 4 is 23.1 Å². The van der Waals surface area contributed by atoms with E-state index in [1.165, 1.54) is 36.0 Å². The van der Waals surface area contributed by atoms with E-state index in [0.717, 1.165) is 4.90 Å². The summed E-state index contributed by atoms with van der Waals surface area (Å²) in [4.78, 5) is 21.6. The van der Waals surface area contributed by atoms with Gasteiger partial charge in [0.05, 0.1) is 0 Å². The van der Waals surface area contributed by atoms with Crippen LogP contribution >= 0.6 is 11.8 Å². The van der Waals surface area contributed by atoms with Crippen LogP contribution < -0.4 is 0 Å². The van der Waals surface area contributed by atoms with Gasteiger partial charge < -0.3 is 0 Å². The van der Waals surface area contributed by atoms with Crippen molar-refractivity contribution in [1.82, 2.24) is 0 Å². The van der Waals surface area contributed by atoms with Crippen molar-refractivity contribution in [3.05, 3.63) is 63.9 Å². The lowest BCUT2D eigenvalue weighted by Gasteiger charge is -2.18. The predicted octanol–water partition coefficient (Wildman–Crippen LogP) is 6.66. The first-order valence-electron chi connectivity index (χ1n) is 7.01. The van der Waals surface area contributed by atoms with Gasteiger partial charge in [0.2, 0.25) is 0 Å². The quantitative estimate of drug-likeness (QED) is 0.413. The summed E-state index contributed by atoms with van der Waals surface area (Å²) in [6.45, 7) is 0. The normalized spacial score (nSPS) is 12.6. The summed E-state index contributed by atoms with van der Waals surface area (Å²) in [6.07, 6.45) is -5.25. The summed E-state index contributed by atoms with van der Waals surface area (Å²) in [5.74, 6) is 0. The van der Waals surface area contributed by atoms with Crippen molar-refractivity contribution < 1.29 is 13.2 Å². The van der Waals surface area contributed by atoms with Crippen molar-refractivity contribution in [2.45, 2.75) is 29.2 Å². The van der Waals surface area contributed by atoms with E-state index in [-0.39, 0.29) is 17.8 Å². The van der Waals surface area contributed by atoms with Crippen LogP contribution in [0, 0.1) is 9.81 Å². The lowest BCUT2D eigenvalue weighted by atomic mass is 10.1. The molecule has 24 heavy (non-hydrogen) atoms. The number of nitroso groups, excluding NO2 is 2. The summed E-state index contributed by atoms with van der Waals surface area (Å²) in [5.41, 5.74) is 1.15. The standard InChI is InChI=1S/C16H13F3N2O2S/c17-16(18,19)10-9-15(11-1-3-12(20-22)4-2-11)24-14-7-5-13(21-23)6-8-14/h1-8,15H,9-10H2. The summed E-state index contributed by atoms with van der Waals surface area (Å²) in [5, 5.41) is 5.13. The van der Waals surface area contributed by atoms with E-state index in [2.05, 4.69) is 10.4 Å². The molecular weight excluding hydrogens is 341 g/mol. The van der Waals surface area contributed by atoms with Gasteiger partial charge in [0.15, 0.2) is 0 Å². The zero-order chi connectivity index (χ0) is 17.6. The minimum absolute atomic E-state index is 0.101. The second-order valence-corrected chi connectivity index (χ2v) is 6.30. The Balaban J connectivity index is 2.19. The molecule has 1 unspecified atom stereocenters. The molecular formula is C16H13F3N2O2S. The zero-order valence-corrected chi connectivity index (χ0v) is 13.2. The molecule has 0 fully saturated rings. The third kappa shape index (κ3) is 5.45. The lowest BCUT2D eigenvalue weighted by molar-refractivity contribution is -0.135. The molecule has 0 radical (unpaired) electrons. The molecule has 0 saturated heterocycles. The molecule has 0 saturated carbocycles. The Morgan fingerprint density at radius 1 is 0.875 bits per heavy atom. The smallest absolute Gasteiger partial charge is 0.171 e. The Labute approximate surface area is 140 Å². The molecule has 0 bridgehead atoms. The number of thioether (sulfide) groups is 1. The van der Waals surface area contributed by atoms with Gasteiger partial charge in [-0.1, -0.05) is 12.1 Å². The summed E-state index contributed by atoms with van der Waals surface area (Å²) in [6, 6.07) is 12.5. The van der Waals surface area contributed by atoms with Crippen LogP contribution in [0.4, 0.5) is 24.5 Å². The topological polar surface area (TPSA) is 58.9 Å². The minimum atomic E-state index is -4.24. The lowest BCUT2D eigenvalue weighted by Crippen LogP contribution is -2.09. The van der Waals surface area contributed by atoms with Crippen LogP contribution in [0.25, 0.3) is 0 Å². The van der Waals surface area contributed by atoms with Gasteiger partial charge in [0.1, 0.15) is 11.4 Å². The fourth-order valence-corrected chi connectivity index (χ4v) is 3.24. The number of alkyl halides is 3. The maximum Gasteiger partial charge on any atom is 0.389 e. The largest absolute Gasteiger partial charge is 0.389 e. The average molecular weight is 354 g/mol. The molecule has 4 nitrogen and oxygen atoms in total. The zero-order valence-electron chi connectivity index (χ0n) is 12.4. The molecule has 2 rings (SSSR count). The number of halogens is 3. The Bertz CT molecular complexity index is 688. The molecule has 0 N–H and O–H groups in total. The first-order chi connectivity index (χ1) is 11.4. The Hall–Kier alpha value is -2.22. The van der Waals surface area contributed by atoms with Crippen molar-refractivity contribution in [2.24, 2.45) is 10.4 Å². The van der Waals surface area contributed by atoms with Crippen molar-refractivity contribution in [2.75, 3.05) is 0 Å². The van der Waals surface area contributed by atoms with Gasteiger partial charge in [0.25, 0.3) is 0 Å². The van der Waals surface area contributed by atoms with Gasteiger partial charge in [0, 0.05) is 16.6 Å². The number of hydrogen-bond donors (Lipinski definition) is 0. The van der Waals surface area contributed by atoms with E-state index >= 15 is 0 Å². The average Bonchev–Trinajstić information content (AvgIpc) is 2.58. The molecule has 0 aliphatic heterocycles. The molecule has 2 aromatic carbocycles. The highest BCUT2D eigenvalue weighted by Crippen LogP contribution is 2.41. The van der Waals surface area contributed by atoms with Gasteiger partial charge in [-0.15, -0.1) is 21.6 Å². The Morgan fingerprint density at radius 2 is 1.38 bits per heavy atom. The first kappa shape index (κ1) is 18.1. The molecule has 2 aromatic rings. The van der Waals surface area contributed by atoms with E-state index in [4.69, 9.17) is 0 Å². The minimum Gasteiger partial charge on any atom is -0.171 e. The van der Waals surface area contributed by atoms with E-state index < -0.39 is 17.8 Å². The first-order valence-corrected chi connectivity index (χ1v) is 7.89. The van der Waals surface area contributed by atoms with Crippen LogP contribution in [0.15, 0.2) is 63.8 Å². The van der Waals surface area contributed by atoms with Crippen LogP contribution in [0.5, 0.6) is 0 Å². The fraction of sp³-hybridized carbons (Fsp3) is 0.250. The highest BCUT2D eigenvalue weighted by atomic mass is 32.2. The number of benzene rings is 2. The maximum absolute atomic E-state index is 12.6. The second-order valence-electron chi connectivity index (χ2n) is 5.03. The highest BCUT2D eigenvalue weighted by molar-refractivity contribution is 7.99. The maximum atomic E-state index is 12.6. The second kappa shape index (κ2) is 8.05. The van der Waals surface area contributed by atoms with Crippen LogP contribution in [-0.2, 0) is 0 Å². The summed E-state index contributed by atoms with van der Waals surface area (Å²) >= 11 is 1.26. The van der Waals surface area contributed by atoms with Crippen molar-refractivity contribution in [1.29, 1.82) is 0 Å². The molecule has 0 spiro atoms. The van der Waals surface area contributed by atoms with E-state index in [1.807, 2.05) is 0 Å². The summed E-state index contributed by atoms with van der Waals surface area (Å²) < 4.78 is 37.7. The van der Waals surface area contributed by atoms with Gasteiger partial charge in [-0.25, -0.2) is 0 Å². The SMILES string of the molecule is O=Nc1ccc(SC(CCC(F)(F)F)c2ccc(N=O)cc2)cc1. The van der Waals surface area contributed by atoms with Gasteiger partial charge in [-0.2, -0.15) is 13.2 Å². The predicted molar refractivity (Wildman–Crippen MR) is 87.7 cm³/mol. The Kier molecular flexibility index (Phi) is 6.08. The molecule has 0 heterocycles. The summed E-state index contributed by atoms with van der Waals surface area (Å²) in [7, 11) is 0. The number of nitrogens with zero attached hydrogens (tertiary/aromatic N) is 2. The molecule has 126 valence electrons. The van der Waals surface area contributed by atoms with Crippen LogP contribution in [0.2, 0.25) is 0 Å². The molecule has 0 amide bonds. The van der Waals surface area contributed by atoms with Crippen LogP contribution in [0.1, 0.15) is 23.7 Å². The monoisotopic (exact) mass is 354 g/mol.